The molecule has 0 aliphatic carbocycles. The molecule has 1 aliphatic heterocycles. The fourth-order valence-electron chi connectivity index (χ4n) is 4.13. The lowest BCUT2D eigenvalue weighted by Crippen LogP contribution is -2.41. The maximum absolute atomic E-state index is 13.7. The zero-order valence-corrected chi connectivity index (χ0v) is 20.3. The van der Waals surface area contributed by atoms with Crippen LogP contribution in [0.3, 0.4) is 0 Å². The molecule has 0 aromatic heterocycles. The second-order valence-electron chi connectivity index (χ2n) is 8.96. The third-order valence-corrected chi connectivity index (χ3v) is 6.18. The van der Waals surface area contributed by atoms with Gasteiger partial charge in [0.1, 0.15) is 0 Å². The number of rotatable bonds is 7. The minimum atomic E-state index is -4.70. The van der Waals surface area contributed by atoms with E-state index in [0.29, 0.717) is 38.5 Å². The zero-order chi connectivity index (χ0) is 26.4. The number of ether oxygens (including phenoxy) is 1. The van der Waals surface area contributed by atoms with Crippen molar-refractivity contribution < 1.29 is 27.5 Å². The van der Waals surface area contributed by atoms with E-state index in [-0.39, 0.29) is 5.56 Å². The summed E-state index contributed by atoms with van der Waals surface area (Å²) in [5, 5.41) is 5.10. The van der Waals surface area contributed by atoms with E-state index in [1.54, 1.807) is 19.1 Å². The van der Waals surface area contributed by atoms with Crippen LogP contribution in [0.5, 0.6) is 0 Å². The number of alkyl halides is 3. The molecule has 0 radical (unpaired) electrons. The van der Waals surface area contributed by atoms with Gasteiger partial charge in [-0.25, -0.2) is 0 Å². The highest BCUT2D eigenvalue weighted by Crippen LogP contribution is 2.36. The molecule has 1 heterocycles. The van der Waals surface area contributed by atoms with E-state index in [4.69, 9.17) is 4.74 Å². The van der Waals surface area contributed by atoms with Crippen LogP contribution in [0.15, 0.2) is 72.8 Å². The van der Waals surface area contributed by atoms with Gasteiger partial charge in [0.05, 0.1) is 24.5 Å². The zero-order valence-electron chi connectivity index (χ0n) is 20.3. The number of benzene rings is 3. The van der Waals surface area contributed by atoms with E-state index in [9.17, 15) is 22.8 Å². The van der Waals surface area contributed by atoms with Crippen LogP contribution in [0.2, 0.25) is 0 Å². The molecule has 3 aromatic rings. The average molecular weight is 512 g/mol. The second-order valence-corrected chi connectivity index (χ2v) is 8.96. The summed E-state index contributed by atoms with van der Waals surface area (Å²) < 4.78 is 46.3. The standard InChI is InChI=1S/C28H28F3N3O3/c1-19(18-34-13-15-37-16-14-34)26(35)33-25-17-22(9-12-24(25)28(29,30)31)27(36)32-23-10-7-21(8-11-23)20-5-3-2-4-6-20/h2-12,17,19H,13-16,18H2,1H3,(H,32,36)(H,33,35). The smallest absolute Gasteiger partial charge is 0.379 e. The van der Waals surface area contributed by atoms with Crippen LogP contribution in [0.1, 0.15) is 22.8 Å². The number of halogens is 3. The van der Waals surface area contributed by atoms with E-state index in [1.807, 2.05) is 47.4 Å². The predicted octanol–water partition coefficient (Wildman–Crippen LogP) is 5.53. The molecule has 4 rings (SSSR count). The van der Waals surface area contributed by atoms with Gasteiger partial charge in [0, 0.05) is 36.8 Å². The highest BCUT2D eigenvalue weighted by atomic mass is 19.4. The monoisotopic (exact) mass is 511 g/mol. The van der Waals surface area contributed by atoms with Crippen LogP contribution in [-0.4, -0.2) is 49.6 Å². The van der Waals surface area contributed by atoms with Crippen molar-refractivity contribution in [3.05, 3.63) is 83.9 Å². The highest BCUT2D eigenvalue weighted by molar-refractivity contribution is 6.05. The van der Waals surface area contributed by atoms with Gasteiger partial charge in [-0.15, -0.1) is 0 Å². The van der Waals surface area contributed by atoms with Crippen LogP contribution >= 0.6 is 0 Å². The number of carbonyl (C=O) groups excluding carboxylic acids is 2. The van der Waals surface area contributed by atoms with Gasteiger partial charge in [-0.05, 0) is 41.5 Å². The number of hydrogen-bond acceptors (Lipinski definition) is 4. The summed E-state index contributed by atoms with van der Waals surface area (Å²) in [7, 11) is 0. The molecule has 0 saturated carbocycles. The number of hydrogen-bond donors (Lipinski definition) is 2. The molecule has 9 heteroatoms. The van der Waals surface area contributed by atoms with Gasteiger partial charge in [0.15, 0.2) is 0 Å². The van der Waals surface area contributed by atoms with E-state index in [2.05, 4.69) is 10.6 Å². The maximum atomic E-state index is 13.7. The Labute approximate surface area is 213 Å². The van der Waals surface area contributed by atoms with Crippen molar-refractivity contribution in [2.75, 3.05) is 43.5 Å². The van der Waals surface area contributed by atoms with Gasteiger partial charge in [-0.1, -0.05) is 49.4 Å². The molecular formula is C28H28F3N3O3. The van der Waals surface area contributed by atoms with Crippen molar-refractivity contribution >= 4 is 23.2 Å². The Kier molecular flexibility index (Phi) is 8.25. The molecule has 1 aliphatic rings. The van der Waals surface area contributed by atoms with Crippen LogP contribution < -0.4 is 10.6 Å². The third-order valence-electron chi connectivity index (χ3n) is 6.18. The Morgan fingerprint density at radius 2 is 1.57 bits per heavy atom. The average Bonchev–Trinajstić information content (AvgIpc) is 2.89. The van der Waals surface area contributed by atoms with E-state index >= 15 is 0 Å². The Bertz CT molecular complexity index is 1220. The number of anilines is 2. The molecule has 1 fully saturated rings. The van der Waals surface area contributed by atoms with Gasteiger partial charge in [0.2, 0.25) is 5.91 Å². The summed E-state index contributed by atoms with van der Waals surface area (Å²) >= 11 is 0. The molecule has 1 atom stereocenters. The SMILES string of the molecule is CC(CN1CCOCC1)C(=O)Nc1cc(C(=O)Nc2ccc(-c3ccccc3)cc2)ccc1C(F)(F)F. The number of morpholine rings is 1. The summed E-state index contributed by atoms with van der Waals surface area (Å²) in [4.78, 5) is 27.6. The molecule has 0 spiro atoms. The first-order chi connectivity index (χ1) is 17.7. The Morgan fingerprint density at radius 1 is 0.919 bits per heavy atom. The predicted molar refractivity (Wildman–Crippen MR) is 136 cm³/mol. The number of carbonyl (C=O) groups is 2. The van der Waals surface area contributed by atoms with Gasteiger partial charge < -0.3 is 15.4 Å². The molecule has 2 amide bonds. The molecule has 0 bridgehead atoms. The Morgan fingerprint density at radius 3 is 2.22 bits per heavy atom. The van der Waals surface area contributed by atoms with Gasteiger partial charge in [-0.2, -0.15) is 13.2 Å². The minimum absolute atomic E-state index is 0.00346. The topological polar surface area (TPSA) is 70.7 Å². The first kappa shape index (κ1) is 26.4. The fourth-order valence-corrected chi connectivity index (χ4v) is 4.13. The fraction of sp³-hybridized carbons (Fsp3) is 0.286. The first-order valence-electron chi connectivity index (χ1n) is 12.0. The second kappa shape index (κ2) is 11.6. The molecule has 1 unspecified atom stereocenters. The Balaban J connectivity index is 1.48. The summed E-state index contributed by atoms with van der Waals surface area (Å²) in [6.45, 7) is 4.49. The number of nitrogens with one attached hydrogen (secondary N) is 2. The van der Waals surface area contributed by atoms with E-state index < -0.39 is 35.2 Å². The lowest BCUT2D eigenvalue weighted by molar-refractivity contribution is -0.137. The molecule has 1 saturated heterocycles. The lowest BCUT2D eigenvalue weighted by atomic mass is 10.0. The van der Waals surface area contributed by atoms with Crippen molar-refractivity contribution in [2.45, 2.75) is 13.1 Å². The summed E-state index contributed by atoms with van der Waals surface area (Å²) in [5.74, 6) is -1.69. The van der Waals surface area contributed by atoms with Crippen molar-refractivity contribution in [1.82, 2.24) is 4.90 Å². The van der Waals surface area contributed by atoms with Crippen LogP contribution in [0.4, 0.5) is 24.5 Å². The number of amides is 2. The van der Waals surface area contributed by atoms with Crippen LogP contribution in [0, 0.1) is 5.92 Å². The Hall–Kier alpha value is -3.69. The quantitative estimate of drug-likeness (QED) is 0.438. The van der Waals surface area contributed by atoms with Gasteiger partial charge >= 0.3 is 6.18 Å². The van der Waals surface area contributed by atoms with Crippen LogP contribution in [-0.2, 0) is 15.7 Å². The lowest BCUT2D eigenvalue weighted by Gasteiger charge is -2.28. The minimum Gasteiger partial charge on any atom is -0.379 e. The van der Waals surface area contributed by atoms with Crippen molar-refractivity contribution in [2.24, 2.45) is 5.92 Å². The molecular weight excluding hydrogens is 483 g/mol. The number of nitrogens with zero attached hydrogens (tertiary/aromatic N) is 1. The van der Waals surface area contributed by atoms with E-state index in [0.717, 1.165) is 29.3 Å². The highest BCUT2D eigenvalue weighted by Gasteiger charge is 2.35. The normalized spacial score (nSPS) is 15.1. The van der Waals surface area contributed by atoms with Crippen LogP contribution in [0.25, 0.3) is 11.1 Å². The van der Waals surface area contributed by atoms with Crippen molar-refractivity contribution in [3.63, 3.8) is 0 Å². The molecule has 2 N–H and O–H groups in total. The summed E-state index contributed by atoms with van der Waals surface area (Å²) in [6.07, 6.45) is -4.70. The largest absolute Gasteiger partial charge is 0.418 e. The summed E-state index contributed by atoms with van der Waals surface area (Å²) in [5.41, 5.74) is 1.02. The van der Waals surface area contributed by atoms with Crippen molar-refractivity contribution in [1.29, 1.82) is 0 Å². The van der Waals surface area contributed by atoms with Gasteiger partial charge in [0.25, 0.3) is 5.91 Å². The molecule has 37 heavy (non-hydrogen) atoms. The van der Waals surface area contributed by atoms with Crippen molar-refractivity contribution in [3.8, 4) is 11.1 Å². The molecule has 3 aromatic carbocycles. The maximum Gasteiger partial charge on any atom is 0.418 e. The van der Waals surface area contributed by atoms with E-state index in [1.165, 1.54) is 0 Å². The summed E-state index contributed by atoms with van der Waals surface area (Å²) in [6, 6.07) is 19.8. The molecule has 6 nitrogen and oxygen atoms in total. The molecule has 194 valence electrons. The van der Waals surface area contributed by atoms with Gasteiger partial charge in [-0.3, -0.25) is 14.5 Å². The third kappa shape index (κ3) is 6.96. The first-order valence-corrected chi connectivity index (χ1v) is 12.0.